The maximum absolute atomic E-state index is 6.01. The van der Waals surface area contributed by atoms with Crippen molar-refractivity contribution in [1.82, 2.24) is 20.2 Å². The van der Waals surface area contributed by atoms with Gasteiger partial charge in [0.05, 0.1) is 5.69 Å². The molecule has 0 amide bonds. The van der Waals surface area contributed by atoms with E-state index in [9.17, 15) is 0 Å². The van der Waals surface area contributed by atoms with E-state index in [1.807, 2.05) is 35.2 Å². The highest BCUT2D eigenvalue weighted by Gasteiger charge is 2.39. The van der Waals surface area contributed by atoms with Gasteiger partial charge >= 0.3 is 0 Å². The zero-order valence-electron chi connectivity index (χ0n) is 16.3. The largest absolute Gasteiger partial charge is 0.278 e. The normalized spacial score (nSPS) is 16.5. The van der Waals surface area contributed by atoms with E-state index in [0.717, 1.165) is 58.9 Å². The number of aliphatic imine (C=N–C) groups is 1. The number of benzene rings is 2. The highest BCUT2D eigenvalue weighted by atomic mass is 35.5. The number of aromatic nitrogens is 4. The first-order chi connectivity index (χ1) is 13.6. The van der Waals surface area contributed by atoms with Crippen LogP contribution in [0.2, 0.25) is 5.02 Å². The van der Waals surface area contributed by atoms with Crippen LogP contribution in [0.15, 0.2) is 47.5 Å². The molecule has 1 heterocycles. The minimum atomic E-state index is -0.407. The van der Waals surface area contributed by atoms with E-state index < -0.39 is 5.54 Å². The Morgan fingerprint density at radius 3 is 2.36 bits per heavy atom. The fourth-order valence-corrected chi connectivity index (χ4v) is 4.19. The summed E-state index contributed by atoms with van der Waals surface area (Å²) >= 11 is 6.01. The van der Waals surface area contributed by atoms with Crippen LogP contribution in [-0.4, -0.2) is 26.4 Å². The summed E-state index contributed by atoms with van der Waals surface area (Å²) < 4.78 is 1.90. The van der Waals surface area contributed by atoms with Crippen molar-refractivity contribution in [2.45, 2.75) is 51.5 Å². The van der Waals surface area contributed by atoms with E-state index in [2.05, 4.69) is 47.6 Å². The SMILES string of the molecule is Cc1cccc(C)c1-n1nnnc1C1(N=Cc2ccc(Cl)cc2)CCCCC1. The molecule has 0 aliphatic heterocycles. The molecule has 0 radical (unpaired) electrons. The van der Waals surface area contributed by atoms with Crippen molar-refractivity contribution in [2.24, 2.45) is 4.99 Å². The van der Waals surface area contributed by atoms with Crippen molar-refractivity contribution in [3.05, 3.63) is 70.0 Å². The predicted molar refractivity (Wildman–Crippen MR) is 112 cm³/mol. The molecule has 0 saturated heterocycles. The molecule has 0 N–H and O–H groups in total. The molecule has 1 fully saturated rings. The molecular weight excluding hydrogens is 370 g/mol. The number of hydrogen-bond acceptors (Lipinski definition) is 4. The average Bonchev–Trinajstić information content (AvgIpc) is 3.18. The lowest BCUT2D eigenvalue weighted by atomic mass is 9.81. The number of aryl methyl sites for hydroxylation is 2. The molecular formula is C22H24ClN5. The quantitative estimate of drug-likeness (QED) is 0.571. The number of tetrazole rings is 1. The zero-order valence-corrected chi connectivity index (χ0v) is 17.0. The van der Waals surface area contributed by atoms with Crippen molar-refractivity contribution in [3.63, 3.8) is 0 Å². The molecule has 0 atom stereocenters. The van der Waals surface area contributed by atoms with E-state index in [-0.39, 0.29) is 0 Å². The monoisotopic (exact) mass is 393 g/mol. The minimum Gasteiger partial charge on any atom is -0.278 e. The molecule has 2 aromatic carbocycles. The Labute approximate surface area is 170 Å². The van der Waals surface area contributed by atoms with Crippen LogP contribution >= 0.6 is 11.6 Å². The smallest absolute Gasteiger partial charge is 0.184 e. The Kier molecular flexibility index (Phi) is 5.27. The summed E-state index contributed by atoms with van der Waals surface area (Å²) in [5, 5.41) is 13.6. The molecule has 28 heavy (non-hydrogen) atoms. The van der Waals surface area contributed by atoms with Crippen LogP contribution in [0.1, 0.15) is 54.6 Å². The van der Waals surface area contributed by atoms with Crippen LogP contribution in [0, 0.1) is 13.8 Å². The molecule has 1 aliphatic rings. The van der Waals surface area contributed by atoms with Crippen LogP contribution in [0.25, 0.3) is 5.69 Å². The molecule has 1 saturated carbocycles. The highest BCUT2D eigenvalue weighted by molar-refractivity contribution is 6.30. The molecule has 1 aromatic heterocycles. The lowest BCUT2D eigenvalue weighted by Gasteiger charge is -2.32. The van der Waals surface area contributed by atoms with Gasteiger partial charge in [0.1, 0.15) is 5.54 Å². The number of para-hydroxylation sites is 1. The lowest BCUT2D eigenvalue weighted by Crippen LogP contribution is -2.31. The van der Waals surface area contributed by atoms with Crippen molar-refractivity contribution in [3.8, 4) is 5.69 Å². The maximum Gasteiger partial charge on any atom is 0.184 e. The third-order valence-corrected chi connectivity index (χ3v) is 5.80. The zero-order chi connectivity index (χ0) is 19.6. The van der Waals surface area contributed by atoms with E-state index >= 15 is 0 Å². The third-order valence-electron chi connectivity index (χ3n) is 5.55. The Bertz CT molecular complexity index is 964. The van der Waals surface area contributed by atoms with E-state index in [4.69, 9.17) is 16.6 Å². The van der Waals surface area contributed by atoms with Crippen LogP contribution in [0.5, 0.6) is 0 Å². The number of hydrogen-bond donors (Lipinski definition) is 0. The van der Waals surface area contributed by atoms with Gasteiger partial charge in [-0.15, -0.1) is 5.10 Å². The summed E-state index contributed by atoms with van der Waals surface area (Å²) in [6.45, 7) is 4.19. The highest BCUT2D eigenvalue weighted by Crippen LogP contribution is 2.40. The predicted octanol–water partition coefficient (Wildman–Crippen LogP) is 5.21. The summed E-state index contributed by atoms with van der Waals surface area (Å²) in [6, 6.07) is 14.0. The van der Waals surface area contributed by atoms with Crippen molar-refractivity contribution >= 4 is 17.8 Å². The van der Waals surface area contributed by atoms with E-state index in [1.165, 1.54) is 6.42 Å². The van der Waals surface area contributed by atoms with Gasteiger partial charge in [-0.2, -0.15) is 4.68 Å². The number of nitrogens with zero attached hydrogens (tertiary/aromatic N) is 5. The Balaban J connectivity index is 1.79. The first-order valence-corrected chi connectivity index (χ1v) is 10.1. The summed E-state index contributed by atoms with van der Waals surface area (Å²) in [5.74, 6) is 0.829. The molecule has 6 heteroatoms. The summed E-state index contributed by atoms with van der Waals surface area (Å²) in [4.78, 5) is 5.07. The van der Waals surface area contributed by atoms with Gasteiger partial charge in [-0.1, -0.05) is 61.2 Å². The fourth-order valence-electron chi connectivity index (χ4n) is 4.06. The molecule has 0 bridgehead atoms. The molecule has 0 spiro atoms. The van der Waals surface area contributed by atoms with Crippen molar-refractivity contribution in [1.29, 1.82) is 0 Å². The van der Waals surface area contributed by atoms with Gasteiger partial charge in [0.25, 0.3) is 0 Å². The topological polar surface area (TPSA) is 56.0 Å². The summed E-state index contributed by atoms with van der Waals surface area (Å²) in [5.41, 5.74) is 3.98. The lowest BCUT2D eigenvalue weighted by molar-refractivity contribution is 0.285. The Hall–Kier alpha value is -2.53. The van der Waals surface area contributed by atoms with Crippen LogP contribution in [0.3, 0.4) is 0 Å². The van der Waals surface area contributed by atoms with Gasteiger partial charge in [0.2, 0.25) is 0 Å². The second-order valence-electron chi connectivity index (χ2n) is 7.56. The first-order valence-electron chi connectivity index (χ1n) is 9.75. The van der Waals surface area contributed by atoms with E-state index in [0.29, 0.717) is 0 Å². The fraction of sp³-hybridized carbons (Fsp3) is 0.364. The molecule has 5 nitrogen and oxygen atoms in total. The van der Waals surface area contributed by atoms with Gasteiger partial charge in [-0.25, -0.2) is 0 Å². The van der Waals surface area contributed by atoms with Crippen molar-refractivity contribution < 1.29 is 0 Å². The molecule has 1 aliphatic carbocycles. The van der Waals surface area contributed by atoms with Crippen LogP contribution in [-0.2, 0) is 5.54 Å². The van der Waals surface area contributed by atoms with Crippen molar-refractivity contribution in [2.75, 3.05) is 0 Å². The van der Waals surface area contributed by atoms with Crippen LogP contribution < -0.4 is 0 Å². The van der Waals surface area contributed by atoms with Gasteiger partial charge in [0.15, 0.2) is 5.82 Å². The molecule has 144 valence electrons. The molecule has 4 rings (SSSR count). The third kappa shape index (κ3) is 3.59. The second-order valence-corrected chi connectivity index (χ2v) is 7.99. The summed E-state index contributed by atoms with van der Waals surface area (Å²) in [7, 11) is 0. The van der Waals surface area contributed by atoms with Gasteiger partial charge in [0, 0.05) is 11.2 Å². The van der Waals surface area contributed by atoms with Gasteiger partial charge in [-0.05, 0) is 65.9 Å². The molecule has 0 unspecified atom stereocenters. The van der Waals surface area contributed by atoms with Gasteiger partial charge < -0.3 is 0 Å². The van der Waals surface area contributed by atoms with Gasteiger partial charge in [-0.3, -0.25) is 4.99 Å². The number of halogens is 1. The Morgan fingerprint density at radius 1 is 1.00 bits per heavy atom. The maximum atomic E-state index is 6.01. The van der Waals surface area contributed by atoms with Crippen LogP contribution in [0.4, 0.5) is 0 Å². The second kappa shape index (κ2) is 7.84. The standard InChI is InChI=1S/C22H24ClN5/c1-16-7-6-8-17(2)20(16)28-21(25-26-27-28)22(13-4-3-5-14-22)24-15-18-9-11-19(23)12-10-18/h6-12,15H,3-5,13-14H2,1-2H3. The van der Waals surface area contributed by atoms with E-state index in [1.54, 1.807) is 0 Å². The minimum absolute atomic E-state index is 0.407. The first kappa shape index (κ1) is 18.8. The Morgan fingerprint density at radius 2 is 1.68 bits per heavy atom. The average molecular weight is 394 g/mol. The summed E-state index contributed by atoms with van der Waals surface area (Å²) in [6.07, 6.45) is 7.30. The number of rotatable bonds is 4. The molecule has 3 aromatic rings.